The highest BCUT2D eigenvalue weighted by Crippen LogP contribution is 2.17. The highest BCUT2D eigenvalue weighted by molar-refractivity contribution is 5.97. The molecule has 1 aromatic carbocycles. The molecule has 2 amide bonds. The largest absolute Gasteiger partial charge is 0.343 e. The van der Waals surface area contributed by atoms with E-state index in [-0.39, 0.29) is 23.1 Å². The molecule has 2 unspecified atom stereocenters. The first kappa shape index (κ1) is 20.2. The second-order valence-corrected chi connectivity index (χ2v) is 7.27. The third-order valence-electron chi connectivity index (χ3n) is 4.40. The zero-order chi connectivity index (χ0) is 18.3. The number of carbonyl (C=O) groups excluding carboxylic acids is 2. The number of amides is 2. The van der Waals surface area contributed by atoms with Crippen LogP contribution in [-0.2, 0) is 4.79 Å². The van der Waals surface area contributed by atoms with Gasteiger partial charge in [0, 0.05) is 19.2 Å². The highest BCUT2D eigenvalue weighted by atomic mass is 16.2. The van der Waals surface area contributed by atoms with Gasteiger partial charge in [-0.15, -0.1) is 0 Å². The monoisotopic (exact) mass is 333 g/mol. The Labute approximate surface area is 145 Å². The van der Waals surface area contributed by atoms with E-state index in [1.54, 1.807) is 24.1 Å². The van der Waals surface area contributed by atoms with Gasteiger partial charge in [0.2, 0.25) is 5.91 Å². The van der Waals surface area contributed by atoms with E-state index in [1.807, 2.05) is 45.9 Å². The lowest BCUT2D eigenvalue weighted by Gasteiger charge is -2.33. The topological polar surface area (TPSA) is 75.4 Å². The van der Waals surface area contributed by atoms with Crippen molar-refractivity contribution in [3.8, 4) is 0 Å². The minimum atomic E-state index is -0.540. The van der Waals surface area contributed by atoms with Gasteiger partial charge in [-0.05, 0) is 30.0 Å². The third kappa shape index (κ3) is 5.64. The van der Waals surface area contributed by atoms with Crippen molar-refractivity contribution < 1.29 is 9.59 Å². The normalized spacial score (nSPS) is 13.9. The summed E-state index contributed by atoms with van der Waals surface area (Å²) in [6.45, 7) is 9.10. The van der Waals surface area contributed by atoms with Crippen molar-refractivity contribution in [2.24, 2.45) is 17.1 Å². The molecule has 5 heteroatoms. The van der Waals surface area contributed by atoms with E-state index in [2.05, 4.69) is 5.32 Å². The summed E-state index contributed by atoms with van der Waals surface area (Å²) in [5.74, 6) is -0.246. The predicted molar refractivity (Wildman–Crippen MR) is 97.6 cm³/mol. The summed E-state index contributed by atoms with van der Waals surface area (Å²) in [6, 6.07) is 8.43. The first-order valence-corrected chi connectivity index (χ1v) is 8.52. The van der Waals surface area contributed by atoms with Crippen LogP contribution in [0, 0.1) is 11.3 Å². The summed E-state index contributed by atoms with van der Waals surface area (Å²) in [7, 11) is 1.77. The smallest absolute Gasteiger partial charge is 0.251 e. The van der Waals surface area contributed by atoms with Gasteiger partial charge in [-0.1, -0.05) is 52.3 Å². The third-order valence-corrected chi connectivity index (χ3v) is 4.40. The predicted octanol–water partition coefficient (Wildman–Crippen LogP) is 2.27. The van der Waals surface area contributed by atoms with Gasteiger partial charge in [0.05, 0.1) is 0 Å². The molecule has 0 aliphatic heterocycles. The Morgan fingerprint density at radius 3 is 2.33 bits per heavy atom. The first-order valence-electron chi connectivity index (χ1n) is 8.52. The van der Waals surface area contributed by atoms with Crippen LogP contribution in [0.1, 0.15) is 44.5 Å². The zero-order valence-corrected chi connectivity index (χ0v) is 15.5. The van der Waals surface area contributed by atoms with Crippen molar-refractivity contribution in [2.75, 3.05) is 20.1 Å². The molecule has 0 heterocycles. The maximum absolute atomic E-state index is 12.9. The summed E-state index contributed by atoms with van der Waals surface area (Å²) in [5.41, 5.74) is 6.17. The standard InChI is InChI=1S/C19H31N3O2/c1-6-14(2)16(18(24)22(5)13-19(3,4)12-20)21-17(23)15-10-8-7-9-11-15/h7-11,14,16H,6,12-13,20H2,1-5H3,(H,21,23). The molecule has 2 atom stereocenters. The van der Waals surface area contributed by atoms with Gasteiger partial charge < -0.3 is 16.0 Å². The van der Waals surface area contributed by atoms with Crippen molar-refractivity contribution in [1.82, 2.24) is 10.2 Å². The molecule has 0 saturated carbocycles. The molecule has 5 nitrogen and oxygen atoms in total. The number of rotatable bonds is 8. The maximum Gasteiger partial charge on any atom is 0.251 e. The van der Waals surface area contributed by atoms with Gasteiger partial charge >= 0.3 is 0 Å². The number of nitrogens with one attached hydrogen (secondary N) is 1. The Bertz CT molecular complexity index is 543. The molecule has 1 rings (SSSR count). The van der Waals surface area contributed by atoms with Gasteiger partial charge in [0.1, 0.15) is 6.04 Å². The lowest BCUT2D eigenvalue weighted by Crippen LogP contribution is -2.52. The van der Waals surface area contributed by atoms with E-state index in [1.165, 1.54) is 0 Å². The molecule has 0 radical (unpaired) electrons. The van der Waals surface area contributed by atoms with Gasteiger partial charge in [0.25, 0.3) is 5.91 Å². The Kier molecular flexibility index (Phi) is 7.42. The molecule has 0 aliphatic carbocycles. The number of likely N-dealkylation sites (N-methyl/N-ethyl adjacent to an activating group) is 1. The average molecular weight is 333 g/mol. The number of hydrogen-bond acceptors (Lipinski definition) is 3. The zero-order valence-electron chi connectivity index (χ0n) is 15.5. The van der Waals surface area contributed by atoms with Gasteiger partial charge in [-0.2, -0.15) is 0 Å². The van der Waals surface area contributed by atoms with E-state index >= 15 is 0 Å². The summed E-state index contributed by atoms with van der Waals surface area (Å²) in [4.78, 5) is 27.0. The molecule has 0 saturated heterocycles. The highest BCUT2D eigenvalue weighted by Gasteiger charge is 2.31. The molecule has 134 valence electrons. The minimum absolute atomic E-state index is 0.0496. The molecule has 0 bridgehead atoms. The van der Waals surface area contributed by atoms with Crippen molar-refractivity contribution in [3.05, 3.63) is 35.9 Å². The van der Waals surface area contributed by atoms with E-state index in [4.69, 9.17) is 5.73 Å². The SMILES string of the molecule is CCC(C)C(NC(=O)c1ccccc1)C(=O)N(C)CC(C)(C)CN. The van der Waals surface area contributed by atoms with Crippen LogP contribution in [0.5, 0.6) is 0 Å². The number of nitrogens with zero attached hydrogens (tertiary/aromatic N) is 1. The van der Waals surface area contributed by atoms with Gasteiger partial charge in [-0.3, -0.25) is 9.59 Å². The van der Waals surface area contributed by atoms with Crippen molar-refractivity contribution in [1.29, 1.82) is 0 Å². The van der Waals surface area contributed by atoms with Crippen LogP contribution in [0.2, 0.25) is 0 Å². The number of nitrogens with two attached hydrogens (primary N) is 1. The van der Waals surface area contributed by atoms with Crippen LogP contribution in [0.4, 0.5) is 0 Å². The average Bonchev–Trinajstić information content (AvgIpc) is 2.58. The number of benzene rings is 1. The lowest BCUT2D eigenvalue weighted by molar-refractivity contribution is -0.134. The Morgan fingerprint density at radius 2 is 1.83 bits per heavy atom. The van der Waals surface area contributed by atoms with E-state index in [0.717, 1.165) is 6.42 Å². The molecule has 0 spiro atoms. The van der Waals surface area contributed by atoms with Crippen LogP contribution < -0.4 is 11.1 Å². The second kappa shape index (κ2) is 8.83. The molecule has 0 aromatic heterocycles. The molecule has 0 fully saturated rings. The quantitative estimate of drug-likeness (QED) is 0.766. The van der Waals surface area contributed by atoms with Crippen molar-refractivity contribution in [3.63, 3.8) is 0 Å². The summed E-state index contributed by atoms with van der Waals surface area (Å²) >= 11 is 0. The minimum Gasteiger partial charge on any atom is -0.343 e. The molecule has 24 heavy (non-hydrogen) atoms. The van der Waals surface area contributed by atoms with Crippen LogP contribution in [0.25, 0.3) is 0 Å². The Morgan fingerprint density at radius 1 is 1.25 bits per heavy atom. The lowest BCUT2D eigenvalue weighted by atomic mass is 9.92. The van der Waals surface area contributed by atoms with Gasteiger partial charge in [-0.25, -0.2) is 0 Å². The fourth-order valence-corrected chi connectivity index (χ4v) is 2.52. The molecule has 0 aliphatic rings. The molecular formula is C19H31N3O2. The van der Waals surface area contributed by atoms with Crippen molar-refractivity contribution >= 4 is 11.8 Å². The summed E-state index contributed by atoms with van der Waals surface area (Å²) < 4.78 is 0. The summed E-state index contributed by atoms with van der Waals surface area (Å²) in [6.07, 6.45) is 0.805. The fraction of sp³-hybridized carbons (Fsp3) is 0.579. The van der Waals surface area contributed by atoms with E-state index in [9.17, 15) is 9.59 Å². The summed E-state index contributed by atoms with van der Waals surface area (Å²) in [5, 5.41) is 2.91. The molecule has 3 N–H and O–H groups in total. The number of hydrogen-bond donors (Lipinski definition) is 2. The molecule has 1 aromatic rings. The Balaban J connectivity index is 2.88. The van der Waals surface area contributed by atoms with Crippen LogP contribution in [0.3, 0.4) is 0 Å². The van der Waals surface area contributed by atoms with E-state index < -0.39 is 6.04 Å². The first-order chi connectivity index (χ1) is 11.2. The molecular weight excluding hydrogens is 302 g/mol. The van der Waals surface area contributed by atoms with Crippen LogP contribution in [-0.4, -0.2) is 42.9 Å². The van der Waals surface area contributed by atoms with E-state index in [0.29, 0.717) is 18.7 Å². The van der Waals surface area contributed by atoms with Crippen LogP contribution in [0.15, 0.2) is 30.3 Å². The fourth-order valence-electron chi connectivity index (χ4n) is 2.52. The number of carbonyl (C=O) groups is 2. The second-order valence-electron chi connectivity index (χ2n) is 7.27. The van der Waals surface area contributed by atoms with Gasteiger partial charge in [0.15, 0.2) is 0 Å². The van der Waals surface area contributed by atoms with Crippen molar-refractivity contribution in [2.45, 2.75) is 40.2 Å². The Hall–Kier alpha value is -1.88. The maximum atomic E-state index is 12.9. The van der Waals surface area contributed by atoms with Crippen LogP contribution >= 0.6 is 0 Å².